The molecule has 1 heterocycles. The third kappa shape index (κ3) is 6.70. The number of hydrogen-bond donors (Lipinski definition) is 1. The lowest BCUT2D eigenvalue weighted by Crippen LogP contribution is -2.42. The van der Waals surface area contributed by atoms with Crippen molar-refractivity contribution >= 4 is 44.0 Å². The van der Waals surface area contributed by atoms with Gasteiger partial charge in [0.25, 0.3) is 5.91 Å². The molecule has 2 aromatic rings. The van der Waals surface area contributed by atoms with Gasteiger partial charge in [-0.1, -0.05) is 44.0 Å². The molecule has 6 nitrogen and oxygen atoms in total. The van der Waals surface area contributed by atoms with Gasteiger partial charge in [-0.05, 0) is 35.9 Å². The molecule has 0 saturated carbocycles. The Bertz CT molecular complexity index is 822. The van der Waals surface area contributed by atoms with Crippen LogP contribution in [-0.2, 0) is 16.1 Å². The predicted molar refractivity (Wildman–Crippen MR) is 116 cm³/mol. The van der Waals surface area contributed by atoms with Crippen molar-refractivity contribution in [1.29, 1.82) is 0 Å². The van der Waals surface area contributed by atoms with Crippen molar-refractivity contribution in [3.05, 3.63) is 62.5 Å². The van der Waals surface area contributed by atoms with Crippen molar-refractivity contribution in [2.75, 3.05) is 32.8 Å². The fraction of sp³-hybridized carbons (Fsp3) is 0.300. The molecule has 2 aromatic carbocycles. The van der Waals surface area contributed by atoms with Crippen LogP contribution in [0.1, 0.15) is 11.1 Å². The second-order valence-corrected chi connectivity index (χ2v) is 8.11. The van der Waals surface area contributed by atoms with E-state index in [2.05, 4.69) is 42.4 Å². The minimum atomic E-state index is -0.148. The molecule has 148 valence electrons. The fourth-order valence-corrected chi connectivity index (χ4v) is 3.31. The summed E-state index contributed by atoms with van der Waals surface area (Å²) < 4.78 is 13.2. The number of nitrogens with one attached hydrogen (secondary N) is 1. The Balaban J connectivity index is 1.57. The van der Waals surface area contributed by atoms with Crippen LogP contribution in [0.15, 0.2) is 56.5 Å². The van der Waals surface area contributed by atoms with Crippen molar-refractivity contribution in [3.8, 4) is 5.75 Å². The van der Waals surface area contributed by atoms with Gasteiger partial charge in [0.1, 0.15) is 12.4 Å². The number of benzene rings is 2. The minimum absolute atomic E-state index is 0.148. The van der Waals surface area contributed by atoms with E-state index in [0.717, 1.165) is 33.2 Å². The zero-order valence-electron chi connectivity index (χ0n) is 15.2. The highest BCUT2D eigenvalue weighted by Gasteiger charge is 2.13. The lowest BCUT2D eigenvalue weighted by molar-refractivity contribution is -0.123. The van der Waals surface area contributed by atoms with Gasteiger partial charge in [-0.2, -0.15) is 5.10 Å². The SMILES string of the molecule is O=C(CN1CCOCC1)N/N=C/c1cc(Br)ccc1OCc1ccc(Br)cc1. The van der Waals surface area contributed by atoms with Crippen LogP contribution >= 0.6 is 31.9 Å². The van der Waals surface area contributed by atoms with E-state index < -0.39 is 0 Å². The zero-order valence-corrected chi connectivity index (χ0v) is 18.4. The van der Waals surface area contributed by atoms with Crippen molar-refractivity contribution in [2.45, 2.75) is 6.61 Å². The standard InChI is InChI=1S/C20H21Br2N3O3/c21-17-3-1-15(2-4-17)14-28-19-6-5-18(22)11-16(19)12-23-24-20(26)13-25-7-9-27-10-8-25/h1-6,11-12H,7-10,13-14H2,(H,24,26)/b23-12+. The summed E-state index contributed by atoms with van der Waals surface area (Å²) in [5.41, 5.74) is 4.42. The monoisotopic (exact) mass is 509 g/mol. The molecule has 1 fully saturated rings. The molecule has 1 aliphatic rings. The van der Waals surface area contributed by atoms with Crippen molar-refractivity contribution in [3.63, 3.8) is 0 Å². The lowest BCUT2D eigenvalue weighted by Gasteiger charge is -2.25. The summed E-state index contributed by atoms with van der Waals surface area (Å²) in [6, 6.07) is 13.6. The molecule has 0 aliphatic carbocycles. The molecular formula is C20H21Br2N3O3. The van der Waals surface area contributed by atoms with E-state index >= 15 is 0 Å². The molecule has 1 N–H and O–H groups in total. The maximum Gasteiger partial charge on any atom is 0.254 e. The van der Waals surface area contributed by atoms with E-state index in [0.29, 0.717) is 32.1 Å². The molecule has 0 unspecified atom stereocenters. The molecule has 28 heavy (non-hydrogen) atoms. The van der Waals surface area contributed by atoms with Crippen LogP contribution in [0.2, 0.25) is 0 Å². The van der Waals surface area contributed by atoms with Gasteiger partial charge in [0, 0.05) is 27.6 Å². The number of nitrogens with zero attached hydrogens (tertiary/aromatic N) is 2. The van der Waals surface area contributed by atoms with Crippen LogP contribution < -0.4 is 10.2 Å². The minimum Gasteiger partial charge on any atom is -0.488 e. The summed E-state index contributed by atoms with van der Waals surface area (Å²) in [6.45, 7) is 3.60. The summed E-state index contributed by atoms with van der Waals surface area (Å²) >= 11 is 6.88. The van der Waals surface area contributed by atoms with Gasteiger partial charge in [0.05, 0.1) is 26.0 Å². The molecule has 1 amide bonds. The topological polar surface area (TPSA) is 63.2 Å². The van der Waals surface area contributed by atoms with E-state index in [4.69, 9.17) is 9.47 Å². The fourth-order valence-electron chi connectivity index (χ4n) is 2.66. The molecule has 0 radical (unpaired) electrons. The highest BCUT2D eigenvalue weighted by atomic mass is 79.9. The van der Waals surface area contributed by atoms with Crippen molar-refractivity contribution in [1.82, 2.24) is 10.3 Å². The number of carbonyl (C=O) groups is 1. The average Bonchev–Trinajstić information content (AvgIpc) is 2.69. The van der Waals surface area contributed by atoms with E-state index in [-0.39, 0.29) is 5.91 Å². The van der Waals surface area contributed by atoms with Crippen LogP contribution in [-0.4, -0.2) is 49.9 Å². The first-order valence-corrected chi connectivity index (χ1v) is 10.5. The first-order chi connectivity index (χ1) is 13.6. The van der Waals surface area contributed by atoms with E-state index in [1.807, 2.05) is 47.4 Å². The van der Waals surface area contributed by atoms with Gasteiger partial charge < -0.3 is 9.47 Å². The largest absolute Gasteiger partial charge is 0.488 e. The third-order valence-corrected chi connectivity index (χ3v) is 5.17. The molecule has 3 rings (SSSR count). The quantitative estimate of drug-likeness (QED) is 0.457. The van der Waals surface area contributed by atoms with E-state index in [1.54, 1.807) is 6.21 Å². The average molecular weight is 511 g/mol. The molecule has 8 heteroatoms. The summed E-state index contributed by atoms with van der Waals surface area (Å²) in [5.74, 6) is 0.544. The Labute approximate surface area is 181 Å². The summed E-state index contributed by atoms with van der Waals surface area (Å²) in [4.78, 5) is 14.1. The van der Waals surface area contributed by atoms with Crippen LogP contribution in [0.3, 0.4) is 0 Å². The highest BCUT2D eigenvalue weighted by Crippen LogP contribution is 2.23. The normalized spacial score (nSPS) is 14.9. The van der Waals surface area contributed by atoms with Gasteiger partial charge in [-0.25, -0.2) is 5.43 Å². The first-order valence-electron chi connectivity index (χ1n) is 8.89. The van der Waals surface area contributed by atoms with E-state index in [1.165, 1.54) is 0 Å². The van der Waals surface area contributed by atoms with Crippen LogP contribution in [0.25, 0.3) is 0 Å². The van der Waals surface area contributed by atoms with Crippen molar-refractivity contribution in [2.24, 2.45) is 5.10 Å². The summed E-state index contributed by atoms with van der Waals surface area (Å²) in [7, 11) is 0. The molecule has 0 bridgehead atoms. The number of hydrogen-bond acceptors (Lipinski definition) is 5. The smallest absolute Gasteiger partial charge is 0.254 e. The number of hydrazone groups is 1. The number of carbonyl (C=O) groups excluding carboxylic acids is 1. The van der Waals surface area contributed by atoms with Gasteiger partial charge in [0.2, 0.25) is 0 Å². The van der Waals surface area contributed by atoms with Gasteiger partial charge in [-0.15, -0.1) is 0 Å². The van der Waals surface area contributed by atoms with Crippen LogP contribution in [0, 0.1) is 0 Å². The zero-order chi connectivity index (χ0) is 19.8. The molecule has 1 aliphatic heterocycles. The van der Waals surface area contributed by atoms with Gasteiger partial charge >= 0.3 is 0 Å². The lowest BCUT2D eigenvalue weighted by atomic mass is 10.2. The summed E-state index contributed by atoms with van der Waals surface area (Å²) in [5, 5.41) is 4.09. The predicted octanol–water partition coefficient (Wildman–Crippen LogP) is 3.57. The van der Waals surface area contributed by atoms with Crippen LogP contribution in [0.5, 0.6) is 5.75 Å². The molecular weight excluding hydrogens is 490 g/mol. The van der Waals surface area contributed by atoms with Gasteiger partial charge in [0.15, 0.2) is 0 Å². The highest BCUT2D eigenvalue weighted by molar-refractivity contribution is 9.10. The molecule has 0 aromatic heterocycles. The Morgan fingerprint density at radius 1 is 1.14 bits per heavy atom. The molecule has 0 spiro atoms. The summed E-state index contributed by atoms with van der Waals surface area (Å²) in [6.07, 6.45) is 1.60. The third-order valence-electron chi connectivity index (χ3n) is 4.14. The van der Waals surface area contributed by atoms with Gasteiger partial charge in [-0.3, -0.25) is 9.69 Å². The number of ether oxygens (including phenoxy) is 2. The second kappa shape index (κ2) is 10.7. The Kier molecular flexibility index (Phi) is 8.02. The Morgan fingerprint density at radius 3 is 2.61 bits per heavy atom. The van der Waals surface area contributed by atoms with Crippen molar-refractivity contribution < 1.29 is 14.3 Å². The number of morpholine rings is 1. The number of halogens is 2. The van der Waals surface area contributed by atoms with Crippen LogP contribution in [0.4, 0.5) is 0 Å². The van der Waals surface area contributed by atoms with E-state index in [9.17, 15) is 4.79 Å². The molecule has 1 saturated heterocycles. The number of amides is 1. The number of rotatable bonds is 7. The maximum absolute atomic E-state index is 12.0. The maximum atomic E-state index is 12.0. The first kappa shape index (κ1) is 21.0. The Hall–Kier alpha value is -1.74. The Morgan fingerprint density at radius 2 is 1.86 bits per heavy atom. The second-order valence-electron chi connectivity index (χ2n) is 6.28. The molecule has 0 atom stereocenters.